The third-order valence-corrected chi connectivity index (χ3v) is 8.82. The van der Waals surface area contributed by atoms with Crippen molar-refractivity contribution >= 4 is 33.7 Å². The van der Waals surface area contributed by atoms with Gasteiger partial charge in [-0.2, -0.15) is 0 Å². The number of amides is 1. The van der Waals surface area contributed by atoms with E-state index in [-0.39, 0.29) is 11.3 Å². The number of oxazole rings is 1. The lowest BCUT2D eigenvalue weighted by atomic mass is 9.50. The quantitative estimate of drug-likeness (QED) is 0.614. The van der Waals surface area contributed by atoms with Gasteiger partial charge in [0.15, 0.2) is 5.69 Å². The molecule has 4 saturated carbocycles. The predicted molar refractivity (Wildman–Crippen MR) is 112 cm³/mol. The number of aromatic nitrogens is 3. The van der Waals surface area contributed by atoms with E-state index >= 15 is 0 Å². The van der Waals surface area contributed by atoms with Crippen molar-refractivity contribution in [2.45, 2.75) is 50.9 Å². The van der Waals surface area contributed by atoms with E-state index in [9.17, 15) is 4.79 Å². The number of anilines is 1. The summed E-state index contributed by atoms with van der Waals surface area (Å²) < 4.78 is 5.69. The molecule has 7 rings (SSSR count). The van der Waals surface area contributed by atoms with Crippen LogP contribution in [0.15, 0.2) is 21.9 Å². The molecule has 0 aliphatic heterocycles. The minimum Gasteiger partial charge on any atom is -0.440 e. The van der Waals surface area contributed by atoms with Gasteiger partial charge in [0.1, 0.15) is 10.8 Å². The largest absolute Gasteiger partial charge is 0.440 e. The molecule has 8 heteroatoms. The van der Waals surface area contributed by atoms with Crippen LogP contribution in [-0.2, 0) is 5.41 Å². The van der Waals surface area contributed by atoms with Crippen LogP contribution in [0.2, 0.25) is 0 Å². The molecule has 1 N–H and O–H groups in total. The van der Waals surface area contributed by atoms with Gasteiger partial charge >= 0.3 is 0 Å². The smallest absolute Gasteiger partial charge is 0.279 e. The van der Waals surface area contributed by atoms with Crippen molar-refractivity contribution in [3.05, 3.63) is 34.0 Å². The molecule has 0 unspecified atom stereocenters. The zero-order valence-corrected chi connectivity index (χ0v) is 17.8. The minimum absolute atomic E-state index is 0.200. The topological polar surface area (TPSA) is 80.9 Å². The number of thiophene rings is 1. The van der Waals surface area contributed by atoms with E-state index in [1.807, 2.05) is 17.5 Å². The van der Waals surface area contributed by atoms with E-state index in [4.69, 9.17) is 4.42 Å². The minimum atomic E-state index is -0.290. The summed E-state index contributed by atoms with van der Waals surface area (Å²) in [5.74, 6) is 3.28. The number of hydrogen-bond acceptors (Lipinski definition) is 7. The van der Waals surface area contributed by atoms with Gasteiger partial charge in [-0.25, -0.2) is 4.98 Å². The summed E-state index contributed by atoms with van der Waals surface area (Å²) in [6.07, 6.45) is 7.94. The van der Waals surface area contributed by atoms with Gasteiger partial charge < -0.3 is 4.42 Å². The Kier molecular flexibility index (Phi) is 3.96. The van der Waals surface area contributed by atoms with Crippen molar-refractivity contribution in [2.24, 2.45) is 17.8 Å². The molecule has 3 heterocycles. The van der Waals surface area contributed by atoms with Crippen LogP contribution in [0.25, 0.3) is 10.8 Å². The molecule has 29 heavy (non-hydrogen) atoms. The Morgan fingerprint density at radius 2 is 1.90 bits per heavy atom. The molecule has 1 amide bonds. The summed E-state index contributed by atoms with van der Waals surface area (Å²) in [5, 5.41) is 15.4. The van der Waals surface area contributed by atoms with E-state index in [2.05, 4.69) is 20.5 Å². The first-order valence-corrected chi connectivity index (χ1v) is 11.9. The van der Waals surface area contributed by atoms with Gasteiger partial charge in [0.05, 0.1) is 4.88 Å². The number of carbonyl (C=O) groups is 1. The monoisotopic (exact) mass is 426 g/mol. The summed E-state index contributed by atoms with van der Waals surface area (Å²) >= 11 is 3.08. The van der Waals surface area contributed by atoms with Crippen molar-refractivity contribution in [2.75, 3.05) is 5.32 Å². The number of carbonyl (C=O) groups excluding carboxylic acids is 1. The van der Waals surface area contributed by atoms with Gasteiger partial charge in [0.2, 0.25) is 11.0 Å². The molecule has 0 saturated heterocycles. The third kappa shape index (κ3) is 2.95. The molecule has 0 spiro atoms. The molecule has 3 aromatic rings. The molecule has 6 nitrogen and oxygen atoms in total. The number of aryl methyl sites for hydroxylation is 1. The SMILES string of the molecule is Cc1oc(-c2cccs2)nc1C(=O)Nc1nnc(C23CC4CC(CC(C4)C2)C3)s1. The second kappa shape index (κ2) is 6.47. The van der Waals surface area contributed by atoms with Crippen molar-refractivity contribution in [1.82, 2.24) is 15.2 Å². The van der Waals surface area contributed by atoms with Crippen LogP contribution in [0.5, 0.6) is 0 Å². The standard InChI is InChI=1S/C21H22N4O2S2/c1-11-16(22-18(27-11)15-3-2-4-28-15)17(26)23-20-25-24-19(29-20)21-8-12-5-13(9-21)7-14(6-12)10-21/h2-4,12-14H,5-10H2,1H3,(H,23,25,26). The molecule has 3 aromatic heterocycles. The molecule has 0 atom stereocenters. The Hall–Kier alpha value is -2.06. The van der Waals surface area contributed by atoms with E-state index in [1.54, 1.807) is 18.3 Å². The first-order valence-electron chi connectivity index (χ1n) is 10.2. The molecule has 150 valence electrons. The Balaban J connectivity index is 1.22. The summed E-state index contributed by atoms with van der Waals surface area (Å²) in [6.45, 7) is 1.76. The molecular weight excluding hydrogens is 404 g/mol. The molecule has 4 aliphatic carbocycles. The van der Waals surface area contributed by atoms with E-state index in [0.29, 0.717) is 22.5 Å². The normalized spacial score (nSPS) is 30.0. The van der Waals surface area contributed by atoms with Crippen LogP contribution >= 0.6 is 22.7 Å². The van der Waals surface area contributed by atoms with E-state index < -0.39 is 0 Å². The molecule has 0 aromatic carbocycles. The molecule has 4 bridgehead atoms. The zero-order chi connectivity index (χ0) is 19.6. The van der Waals surface area contributed by atoms with Crippen LogP contribution in [0, 0.1) is 24.7 Å². The first kappa shape index (κ1) is 17.8. The highest BCUT2D eigenvalue weighted by Crippen LogP contribution is 2.61. The fourth-order valence-corrected chi connectivity index (χ4v) is 7.74. The van der Waals surface area contributed by atoms with Gasteiger partial charge in [-0.3, -0.25) is 10.1 Å². The molecule has 0 radical (unpaired) electrons. The maximum atomic E-state index is 12.8. The Bertz CT molecular complexity index is 1030. The summed E-state index contributed by atoms with van der Waals surface area (Å²) in [4.78, 5) is 18.1. The lowest BCUT2D eigenvalue weighted by Gasteiger charge is -2.55. The second-order valence-electron chi connectivity index (χ2n) is 8.97. The highest BCUT2D eigenvalue weighted by Gasteiger charge is 2.53. The number of nitrogens with one attached hydrogen (secondary N) is 1. The second-order valence-corrected chi connectivity index (χ2v) is 10.9. The summed E-state index contributed by atoms with van der Waals surface area (Å²) in [5.41, 5.74) is 0.505. The van der Waals surface area contributed by atoms with Gasteiger partial charge in [-0.1, -0.05) is 17.4 Å². The van der Waals surface area contributed by atoms with Crippen LogP contribution < -0.4 is 5.32 Å². The fourth-order valence-electron chi connectivity index (χ4n) is 6.13. The summed E-state index contributed by atoms with van der Waals surface area (Å²) in [6, 6.07) is 3.87. The van der Waals surface area contributed by atoms with E-state index in [1.165, 1.54) is 49.9 Å². The van der Waals surface area contributed by atoms with E-state index in [0.717, 1.165) is 27.6 Å². The fraction of sp³-hybridized carbons (Fsp3) is 0.524. The van der Waals surface area contributed by atoms with Crippen LogP contribution in [0.1, 0.15) is 59.8 Å². The van der Waals surface area contributed by atoms with Crippen molar-refractivity contribution in [1.29, 1.82) is 0 Å². The van der Waals surface area contributed by atoms with Gasteiger partial charge in [0, 0.05) is 5.41 Å². The maximum Gasteiger partial charge on any atom is 0.279 e. The summed E-state index contributed by atoms with van der Waals surface area (Å²) in [7, 11) is 0. The average molecular weight is 427 g/mol. The lowest BCUT2D eigenvalue weighted by molar-refractivity contribution is -0.00555. The highest BCUT2D eigenvalue weighted by atomic mass is 32.1. The Labute approximate surface area is 176 Å². The number of hydrogen-bond donors (Lipinski definition) is 1. The number of nitrogens with zero attached hydrogens (tertiary/aromatic N) is 3. The van der Waals surface area contributed by atoms with Crippen molar-refractivity contribution in [3.8, 4) is 10.8 Å². The average Bonchev–Trinajstić information content (AvgIpc) is 3.41. The molecule has 4 aliphatic rings. The first-order chi connectivity index (χ1) is 14.1. The molecule has 4 fully saturated rings. The van der Waals surface area contributed by atoms with Gasteiger partial charge in [-0.05, 0) is 74.6 Å². The molecular formula is C21H22N4O2S2. The Morgan fingerprint density at radius 1 is 1.17 bits per heavy atom. The van der Waals surface area contributed by atoms with Crippen molar-refractivity contribution in [3.63, 3.8) is 0 Å². The third-order valence-electron chi connectivity index (χ3n) is 6.88. The van der Waals surface area contributed by atoms with Gasteiger partial charge in [-0.15, -0.1) is 21.5 Å². The maximum absolute atomic E-state index is 12.8. The van der Waals surface area contributed by atoms with Gasteiger partial charge in [0.25, 0.3) is 5.91 Å². The van der Waals surface area contributed by atoms with Crippen molar-refractivity contribution < 1.29 is 9.21 Å². The van der Waals surface area contributed by atoms with Crippen LogP contribution in [0.4, 0.5) is 5.13 Å². The highest BCUT2D eigenvalue weighted by molar-refractivity contribution is 7.15. The predicted octanol–water partition coefficient (Wildman–Crippen LogP) is 5.28. The number of rotatable bonds is 4. The Morgan fingerprint density at radius 3 is 2.55 bits per heavy atom. The van der Waals surface area contributed by atoms with Crippen LogP contribution in [-0.4, -0.2) is 21.1 Å². The van der Waals surface area contributed by atoms with Crippen LogP contribution in [0.3, 0.4) is 0 Å². The zero-order valence-electron chi connectivity index (χ0n) is 16.2. The lowest BCUT2D eigenvalue weighted by Crippen LogP contribution is -2.48.